The quantitative estimate of drug-likeness (QED) is 0.211. The van der Waals surface area contributed by atoms with Crippen molar-refractivity contribution in [1.29, 1.82) is 0 Å². The molecule has 0 fully saturated rings. The Morgan fingerprint density at radius 1 is 0.810 bits per heavy atom. The predicted octanol–water partition coefficient (Wildman–Crippen LogP) is 9.68. The number of pyridine rings is 1. The molecule has 2 heterocycles. The van der Waals surface area contributed by atoms with E-state index < -0.39 is 0 Å². The molecule has 0 bridgehead atoms. The maximum Gasteiger partial charge on any atom is 0.263 e. The molecular formula is C39H34N2O. The van der Waals surface area contributed by atoms with Crippen LogP contribution in [-0.4, -0.2) is 10.4 Å². The van der Waals surface area contributed by atoms with Crippen molar-refractivity contribution in [2.75, 3.05) is 5.32 Å². The van der Waals surface area contributed by atoms with Gasteiger partial charge in [-0.2, -0.15) is 0 Å². The Labute approximate surface area is 246 Å². The van der Waals surface area contributed by atoms with Gasteiger partial charge in [0.05, 0.1) is 11.0 Å². The van der Waals surface area contributed by atoms with Crippen molar-refractivity contribution in [2.24, 2.45) is 0 Å². The van der Waals surface area contributed by atoms with E-state index in [1.807, 2.05) is 4.40 Å². The maximum absolute atomic E-state index is 13.6. The standard InChI is InChI=1S/C39H34N2O/c1-7-11-23(4)40-26-16-18-30-29-17-14-25(21-34(29)39(5,6)35(30)22-26)24-15-19-36-33(20-24)32-13-10-12-31-27(8-2)28(9-3)38(42)41(36)37(31)32/h7-23,40H,2-3H2,1,4-6H3/b11-7-. The van der Waals surface area contributed by atoms with Crippen molar-refractivity contribution in [2.45, 2.75) is 39.2 Å². The van der Waals surface area contributed by atoms with Gasteiger partial charge in [-0.3, -0.25) is 9.20 Å². The first-order chi connectivity index (χ1) is 20.3. The number of rotatable bonds is 6. The van der Waals surface area contributed by atoms with Gasteiger partial charge >= 0.3 is 0 Å². The number of benzene rings is 4. The van der Waals surface area contributed by atoms with Crippen molar-refractivity contribution in [3.63, 3.8) is 0 Å². The van der Waals surface area contributed by atoms with Crippen LogP contribution in [0.3, 0.4) is 0 Å². The topological polar surface area (TPSA) is 33.5 Å². The smallest absolute Gasteiger partial charge is 0.263 e. The molecule has 2 aromatic heterocycles. The average Bonchev–Trinajstić information content (AvgIpc) is 3.44. The third-order valence-electron chi connectivity index (χ3n) is 9.09. The fourth-order valence-corrected chi connectivity index (χ4v) is 7.08. The van der Waals surface area contributed by atoms with Crippen LogP contribution >= 0.6 is 0 Å². The highest BCUT2D eigenvalue weighted by Crippen LogP contribution is 2.50. The maximum atomic E-state index is 13.6. The third-order valence-corrected chi connectivity index (χ3v) is 9.09. The van der Waals surface area contributed by atoms with Crippen LogP contribution < -0.4 is 10.9 Å². The number of anilines is 1. The van der Waals surface area contributed by atoms with E-state index in [0.717, 1.165) is 44.0 Å². The molecule has 1 aliphatic rings. The highest BCUT2D eigenvalue weighted by atomic mass is 16.1. The van der Waals surface area contributed by atoms with Crippen molar-refractivity contribution in [3.05, 3.63) is 131 Å². The zero-order chi connectivity index (χ0) is 29.3. The van der Waals surface area contributed by atoms with Gasteiger partial charge in [-0.25, -0.2) is 0 Å². The van der Waals surface area contributed by atoms with Crippen LogP contribution in [-0.2, 0) is 5.41 Å². The van der Waals surface area contributed by atoms with Crippen LogP contribution in [0.15, 0.2) is 103 Å². The first kappa shape index (κ1) is 26.0. The van der Waals surface area contributed by atoms with E-state index in [4.69, 9.17) is 0 Å². The molecule has 0 amide bonds. The molecule has 1 atom stereocenters. The lowest BCUT2D eigenvalue weighted by atomic mass is 9.81. The molecule has 4 aromatic carbocycles. The van der Waals surface area contributed by atoms with E-state index in [1.165, 1.54) is 27.8 Å². The normalized spacial score (nSPS) is 14.5. The van der Waals surface area contributed by atoms with Crippen LogP contribution in [0.2, 0.25) is 0 Å². The van der Waals surface area contributed by atoms with E-state index in [-0.39, 0.29) is 17.0 Å². The summed E-state index contributed by atoms with van der Waals surface area (Å²) in [6, 6.07) is 26.6. The van der Waals surface area contributed by atoms with Crippen molar-refractivity contribution < 1.29 is 0 Å². The van der Waals surface area contributed by atoms with Crippen molar-refractivity contribution in [3.8, 4) is 22.3 Å². The predicted molar refractivity (Wildman–Crippen MR) is 181 cm³/mol. The zero-order valence-electron chi connectivity index (χ0n) is 24.6. The monoisotopic (exact) mass is 546 g/mol. The summed E-state index contributed by atoms with van der Waals surface area (Å²) in [5, 5.41) is 6.77. The van der Waals surface area contributed by atoms with Gasteiger partial charge in [-0.1, -0.05) is 93.8 Å². The molecule has 7 rings (SSSR count). The molecule has 0 saturated heterocycles. The van der Waals surface area contributed by atoms with Gasteiger partial charge in [-0.15, -0.1) is 0 Å². The number of allylic oxidation sites excluding steroid dienone is 1. The second-order valence-corrected chi connectivity index (χ2v) is 11.9. The van der Waals surface area contributed by atoms with Gasteiger partial charge in [-0.05, 0) is 83.1 Å². The molecular weight excluding hydrogens is 512 g/mol. The summed E-state index contributed by atoms with van der Waals surface area (Å²) in [4.78, 5) is 13.6. The average molecular weight is 547 g/mol. The zero-order valence-corrected chi connectivity index (χ0v) is 24.6. The van der Waals surface area contributed by atoms with Gasteiger partial charge in [0.15, 0.2) is 0 Å². The van der Waals surface area contributed by atoms with Gasteiger partial charge in [0, 0.05) is 38.9 Å². The number of para-hydroxylation sites is 1. The van der Waals surface area contributed by atoms with Gasteiger partial charge in [0.1, 0.15) is 0 Å². The number of hydrogen-bond acceptors (Lipinski definition) is 2. The van der Waals surface area contributed by atoms with E-state index in [9.17, 15) is 4.79 Å². The number of nitrogens with one attached hydrogen (secondary N) is 1. The summed E-state index contributed by atoms with van der Waals surface area (Å²) in [6.07, 6.45) is 7.66. The number of nitrogens with zero attached hydrogens (tertiary/aromatic N) is 1. The summed E-state index contributed by atoms with van der Waals surface area (Å²) in [7, 11) is 0. The Balaban J connectivity index is 1.37. The Morgan fingerprint density at radius 2 is 1.48 bits per heavy atom. The summed E-state index contributed by atoms with van der Waals surface area (Å²) in [6.45, 7) is 16.8. The first-order valence-corrected chi connectivity index (χ1v) is 14.6. The minimum Gasteiger partial charge on any atom is -0.379 e. The summed E-state index contributed by atoms with van der Waals surface area (Å²) in [5.74, 6) is 0. The highest BCUT2D eigenvalue weighted by molar-refractivity contribution is 6.16. The molecule has 1 N–H and O–H groups in total. The van der Waals surface area contributed by atoms with Crippen molar-refractivity contribution >= 4 is 45.0 Å². The Hall–Kier alpha value is -4.89. The third kappa shape index (κ3) is 3.56. The SMILES string of the molecule is C=Cc1c(C=C)c2cccc3c4cc(-c5ccc6c(c5)C(C)(C)c5cc(NC(C)/C=C\C)ccc5-6)ccc4n(c1=O)c23. The first-order valence-electron chi connectivity index (χ1n) is 14.6. The second-order valence-electron chi connectivity index (χ2n) is 11.9. The van der Waals surface area contributed by atoms with Crippen LogP contribution in [0.25, 0.3) is 61.6 Å². The van der Waals surface area contributed by atoms with Crippen LogP contribution in [0, 0.1) is 0 Å². The lowest BCUT2D eigenvalue weighted by molar-refractivity contribution is 0.660. The van der Waals surface area contributed by atoms with E-state index >= 15 is 0 Å². The molecule has 0 aliphatic heterocycles. The molecule has 1 unspecified atom stereocenters. The van der Waals surface area contributed by atoms with Crippen LogP contribution in [0.4, 0.5) is 5.69 Å². The molecule has 6 aromatic rings. The van der Waals surface area contributed by atoms with Crippen molar-refractivity contribution in [1.82, 2.24) is 4.40 Å². The molecule has 0 spiro atoms. The summed E-state index contributed by atoms with van der Waals surface area (Å²) < 4.78 is 1.85. The van der Waals surface area contributed by atoms with Crippen LogP contribution in [0.1, 0.15) is 49.9 Å². The lowest BCUT2D eigenvalue weighted by Gasteiger charge is -2.23. The fraction of sp³-hybridized carbons (Fsp3) is 0.154. The Morgan fingerprint density at radius 3 is 2.21 bits per heavy atom. The molecule has 1 aliphatic carbocycles. The van der Waals surface area contributed by atoms with Crippen LogP contribution in [0.5, 0.6) is 0 Å². The Bertz CT molecular complexity index is 2180. The minimum absolute atomic E-state index is 0.0580. The van der Waals surface area contributed by atoms with E-state index in [2.05, 4.69) is 131 Å². The molecule has 0 radical (unpaired) electrons. The molecule has 42 heavy (non-hydrogen) atoms. The molecule has 3 nitrogen and oxygen atoms in total. The van der Waals surface area contributed by atoms with Gasteiger partial charge in [0.2, 0.25) is 0 Å². The van der Waals surface area contributed by atoms with Gasteiger partial charge in [0.25, 0.3) is 5.56 Å². The number of aromatic nitrogens is 1. The molecule has 206 valence electrons. The summed E-state index contributed by atoms with van der Waals surface area (Å²) >= 11 is 0. The van der Waals surface area contributed by atoms with E-state index in [1.54, 1.807) is 12.2 Å². The molecule has 3 heteroatoms. The number of hydrogen-bond donors (Lipinski definition) is 1. The highest BCUT2D eigenvalue weighted by Gasteiger charge is 2.36. The number of fused-ring (bicyclic) bond motifs is 6. The second kappa shape index (κ2) is 9.32. The molecule has 0 saturated carbocycles. The Kier molecular flexibility index (Phi) is 5.78. The van der Waals surface area contributed by atoms with E-state index in [0.29, 0.717) is 5.56 Å². The minimum atomic E-state index is -0.129. The van der Waals surface area contributed by atoms with Gasteiger partial charge < -0.3 is 5.32 Å². The summed E-state index contributed by atoms with van der Waals surface area (Å²) in [5.41, 5.74) is 11.8. The largest absolute Gasteiger partial charge is 0.379 e. The fourth-order valence-electron chi connectivity index (χ4n) is 7.08. The lowest BCUT2D eigenvalue weighted by Crippen LogP contribution is -2.17.